The molecular weight excluding hydrogens is 451 g/mol. The molecule has 0 saturated carbocycles. The summed E-state index contributed by atoms with van der Waals surface area (Å²) in [6, 6.07) is 7.10. The Morgan fingerprint density at radius 2 is 1.91 bits per heavy atom. The van der Waals surface area contributed by atoms with Crippen LogP contribution in [0.4, 0.5) is 9.52 Å². The van der Waals surface area contributed by atoms with E-state index < -0.39 is 35.3 Å². The third-order valence-electron chi connectivity index (χ3n) is 5.05. The van der Waals surface area contributed by atoms with Gasteiger partial charge in [0, 0.05) is 0 Å². The summed E-state index contributed by atoms with van der Waals surface area (Å²) in [4.78, 5) is 44.3. The second-order valence-electron chi connectivity index (χ2n) is 7.26. The van der Waals surface area contributed by atoms with Crippen LogP contribution >= 0.6 is 11.3 Å². The van der Waals surface area contributed by atoms with E-state index in [4.69, 9.17) is 9.15 Å². The van der Waals surface area contributed by atoms with Gasteiger partial charge in [-0.2, -0.15) is 0 Å². The number of Topliss-reactive ketones (excluding diaryl/α,β-unsaturated/α-hetero) is 1. The number of halogens is 1. The second-order valence-corrected chi connectivity index (χ2v) is 8.24. The zero-order valence-electron chi connectivity index (χ0n) is 17.9. The van der Waals surface area contributed by atoms with Gasteiger partial charge in [0.25, 0.3) is 5.91 Å². The number of ketones is 1. The lowest BCUT2D eigenvalue weighted by Gasteiger charge is -2.24. The number of esters is 1. The molecule has 4 rings (SSSR count). The maximum Gasteiger partial charge on any atom is 0.350 e. The molecule has 1 amide bonds. The molecule has 0 fully saturated rings. The Bertz CT molecular complexity index is 1290. The van der Waals surface area contributed by atoms with Crippen molar-refractivity contribution < 1.29 is 33.0 Å². The normalized spacial score (nSPS) is 15.9. The zero-order valence-corrected chi connectivity index (χ0v) is 18.7. The van der Waals surface area contributed by atoms with Crippen molar-refractivity contribution >= 4 is 34.1 Å². The quantitative estimate of drug-likeness (QED) is 0.419. The predicted molar refractivity (Wildman–Crippen MR) is 117 cm³/mol. The average molecular weight is 470 g/mol. The number of furan rings is 1. The van der Waals surface area contributed by atoms with Crippen LogP contribution in [0.15, 0.2) is 52.1 Å². The van der Waals surface area contributed by atoms with Gasteiger partial charge in [-0.1, -0.05) is 23.5 Å². The number of hydrogen-bond acceptors (Lipinski definition) is 8. The molecule has 1 atom stereocenters. The largest absolute Gasteiger partial charge is 0.503 e. The third kappa shape index (κ3) is 3.93. The zero-order chi connectivity index (χ0) is 23.9. The van der Waals surface area contributed by atoms with Gasteiger partial charge < -0.3 is 14.3 Å². The van der Waals surface area contributed by atoms with Gasteiger partial charge in [-0.05, 0) is 50.6 Å². The molecule has 8 nitrogen and oxygen atoms in total. The van der Waals surface area contributed by atoms with Gasteiger partial charge >= 0.3 is 5.97 Å². The Kier molecular flexibility index (Phi) is 5.86. The van der Waals surface area contributed by atoms with E-state index >= 15 is 0 Å². The van der Waals surface area contributed by atoms with Gasteiger partial charge in [0.2, 0.25) is 5.78 Å². The van der Waals surface area contributed by atoms with Crippen molar-refractivity contribution in [1.82, 2.24) is 4.98 Å². The Labute approximate surface area is 191 Å². The number of aryl methyl sites for hydroxylation is 2. The van der Waals surface area contributed by atoms with Crippen LogP contribution in [0.5, 0.6) is 0 Å². The van der Waals surface area contributed by atoms with Gasteiger partial charge in [0.05, 0.1) is 23.9 Å². The molecule has 0 unspecified atom stereocenters. The highest BCUT2D eigenvalue weighted by molar-refractivity contribution is 7.17. The Morgan fingerprint density at radius 3 is 2.52 bits per heavy atom. The van der Waals surface area contributed by atoms with Crippen LogP contribution in [0, 0.1) is 19.7 Å². The average Bonchev–Trinajstić information content (AvgIpc) is 3.45. The van der Waals surface area contributed by atoms with E-state index in [0.29, 0.717) is 17.0 Å². The molecule has 0 aliphatic carbocycles. The molecule has 10 heteroatoms. The topological polar surface area (TPSA) is 110 Å². The number of ether oxygens (including phenoxy) is 1. The molecular formula is C23H19FN2O6S. The van der Waals surface area contributed by atoms with E-state index in [1.165, 1.54) is 30.3 Å². The Hall–Kier alpha value is -3.79. The fourth-order valence-corrected chi connectivity index (χ4v) is 4.54. The second kappa shape index (κ2) is 8.62. The number of aliphatic hydroxyl groups is 1. The number of anilines is 1. The summed E-state index contributed by atoms with van der Waals surface area (Å²) in [5.74, 6) is -3.01. The first-order valence-electron chi connectivity index (χ1n) is 10.0. The first-order chi connectivity index (χ1) is 15.7. The summed E-state index contributed by atoms with van der Waals surface area (Å²) in [5.41, 5.74) is 0.470. The molecule has 33 heavy (non-hydrogen) atoms. The number of carbonyl (C=O) groups excluding carboxylic acids is 3. The van der Waals surface area contributed by atoms with Gasteiger partial charge in [0.15, 0.2) is 16.7 Å². The van der Waals surface area contributed by atoms with Crippen LogP contribution in [-0.4, -0.2) is 34.4 Å². The monoisotopic (exact) mass is 470 g/mol. The number of aliphatic hydroxyl groups excluding tert-OH is 1. The number of aromatic nitrogens is 1. The number of amides is 1. The molecule has 0 bridgehead atoms. The number of nitrogens with zero attached hydrogens (tertiary/aromatic N) is 2. The lowest BCUT2D eigenvalue weighted by atomic mass is 9.95. The summed E-state index contributed by atoms with van der Waals surface area (Å²) < 4.78 is 24.0. The van der Waals surface area contributed by atoms with Crippen LogP contribution in [-0.2, 0) is 9.53 Å². The van der Waals surface area contributed by atoms with Crippen molar-refractivity contribution in [3.8, 4) is 0 Å². The maximum absolute atomic E-state index is 13.6. The van der Waals surface area contributed by atoms with Crippen molar-refractivity contribution in [1.29, 1.82) is 0 Å². The number of benzene rings is 1. The molecule has 0 radical (unpaired) electrons. The summed E-state index contributed by atoms with van der Waals surface area (Å²) in [7, 11) is 0. The fraction of sp³-hybridized carbons (Fsp3) is 0.217. The van der Waals surface area contributed by atoms with E-state index in [1.54, 1.807) is 26.8 Å². The van der Waals surface area contributed by atoms with Crippen LogP contribution in [0.1, 0.15) is 50.2 Å². The number of rotatable bonds is 6. The molecule has 1 aromatic carbocycles. The van der Waals surface area contributed by atoms with Crippen molar-refractivity contribution in [2.24, 2.45) is 0 Å². The van der Waals surface area contributed by atoms with Crippen LogP contribution < -0.4 is 4.90 Å². The van der Waals surface area contributed by atoms with Crippen molar-refractivity contribution in [3.05, 3.63) is 81.2 Å². The Morgan fingerprint density at radius 1 is 1.21 bits per heavy atom. The summed E-state index contributed by atoms with van der Waals surface area (Å²) in [6.07, 6.45) is 0. The van der Waals surface area contributed by atoms with Gasteiger partial charge in [-0.3, -0.25) is 14.5 Å². The smallest absolute Gasteiger partial charge is 0.350 e. The lowest BCUT2D eigenvalue weighted by molar-refractivity contribution is -0.117. The van der Waals surface area contributed by atoms with Crippen molar-refractivity contribution in [3.63, 3.8) is 0 Å². The molecule has 1 aliphatic heterocycles. The molecule has 0 spiro atoms. The molecule has 3 aromatic rings. The van der Waals surface area contributed by atoms with Gasteiger partial charge in [-0.15, -0.1) is 0 Å². The highest BCUT2D eigenvalue weighted by Gasteiger charge is 2.46. The lowest BCUT2D eigenvalue weighted by Crippen LogP contribution is -2.31. The Balaban J connectivity index is 1.85. The molecule has 1 N–H and O–H groups in total. The van der Waals surface area contributed by atoms with Crippen molar-refractivity contribution in [2.45, 2.75) is 26.8 Å². The summed E-state index contributed by atoms with van der Waals surface area (Å²) >= 11 is 0.899. The minimum atomic E-state index is -1.11. The molecule has 3 heterocycles. The molecule has 170 valence electrons. The van der Waals surface area contributed by atoms with Gasteiger partial charge in [0.1, 0.15) is 16.5 Å². The molecule has 1 aliphatic rings. The SMILES string of the molecule is CCOC(=O)c1sc(N2C(=O)C(O)=C(C(=O)c3ccc(C)o3)[C@H]2c2ccc(F)cc2)nc1C. The predicted octanol–water partition coefficient (Wildman–Crippen LogP) is 4.45. The first-order valence-corrected chi connectivity index (χ1v) is 10.8. The van der Waals surface area contributed by atoms with Crippen LogP contribution in [0.3, 0.4) is 0 Å². The van der Waals surface area contributed by atoms with E-state index in [1.807, 2.05) is 0 Å². The molecule has 2 aromatic heterocycles. The minimum absolute atomic E-state index is 0.0571. The van der Waals surface area contributed by atoms with Gasteiger partial charge in [-0.25, -0.2) is 14.2 Å². The molecule has 0 saturated heterocycles. The van der Waals surface area contributed by atoms with E-state index in [-0.39, 0.29) is 27.9 Å². The number of hydrogen-bond donors (Lipinski definition) is 1. The van der Waals surface area contributed by atoms with E-state index in [2.05, 4.69) is 4.98 Å². The third-order valence-corrected chi connectivity index (χ3v) is 6.19. The standard InChI is InChI=1S/C23H19FN2O6S/c1-4-31-22(30)20-12(3)25-23(33-20)26-17(13-6-8-14(24)9-7-13)16(19(28)21(26)29)18(27)15-10-5-11(2)32-15/h5-10,17,28H,4H2,1-3H3/t17-/m1/s1. The van der Waals surface area contributed by atoms with Crippen LogP contribution in [0.2, 0.25) is 0 Å². The fourth-order valence-electron chi connectivity index (χ4n) is 3.56. The summed E-state index contributed by atoms with van der Waals surface area (Å²) in [5, 5.41) is 10.8. The highest BCUT2D eigenvalue weighted by Crippen LogP contribution is 2.43. The van der Waals surface area contributed by atoms with Crippen LogP contribution in [0.25, 0.3) is 0 Å². The number of carbonyl (C=O) groups is 3. The number of thiazole rings is 1. The summed E-state index contributed by atoms with van der Waals surface area (Å²) in [6.45, 7) is 5.07. The van der Waals surface area contributed by atoms with E-state index in [9.17, 15) is 23.9 Å². The maximum atomic E-state index is 13.6. The van der Waals surface area contributed by atoms with E-state index in [0.717, 1.165) is 16.2 Å². The first kappa shape index (κ1) is 22.4. The van der Waals surface area contributed by atoms with Crippen molar-refractivity contribution in [2.75, 3.05) is 11.5 Å². The minimum Gasteiger partial charge on any atom is -0.503 e. The highest BCUT2D eigenvalue weighted by atomic mass is 32.1.